The summed E-state index contributed by atoms with van der Waals surface area (Å²) < 4.78 is 27.6. The lowest BCUT2D eigenvalue weighted by atomic mass is 10.2. The van der Waals surface area contributed by atoms with Crippen LogP contribution in [0.15, 0.2) is 35.4 Å². The average Bonchev–Trinajstić information content (AvgIpc) is 3.10. The first kappa shape index (κ1) is 14.3. The van der Waals surface area contributed by atoms with Crippen molar-refractivity contribution in [2.75, 3.05) is 6.54 Å². The summed E-state index contributed by atoms with van der Waals surface area (Å²) in [6.45, 7) is 4.31. The van der Waals surface area contributed by atoms with Crippen molar-refractivity contribution < 1.29 is 8.42 Å². The van der Waals surface area contributed by atoms with Gasteiger partial charge < -0.3 is 0 Å². The zero-order valence-corrected chi connectivity index (χ0v) is 13.0. The van der Waals surface area contributed by atoms with Crippen molar-refractivity contribution in [1.29, 1.82) is 0 Å². The molecular weight excluding hydrogens is 286 g/mol. The van der Waals surface area contributed by atoms with Gasteiger partial charge in [-0.25, -0.2) is 8.42 Å². The van der Waals surface area contributed by atoms with Gasteiger partial charge in [-0.2, -0.15) is 9.40 Å². The third-order valence-corrected chi connectivity index (χ3v) is 6.07. The van der Waals surface area contributed by atoms with Crippen molar-refractivity contribution in [2.45, 2.75) is 37.6 Å². The van der Waals surface area contributed by atoms with Gasteiger partial charge in [-0.15, -0.1) is 0 Å². The summed E-state index contributed by atoms with van der Waals surface area (Å²) in [7, 11) is -3.48. The molecule has 2 heterocycles. The van der Waals surface area contributed by atoms with Gasteiger partial charge >= 0.3 is 0 Å². The molecule has 1 unspecified atom stereocenters. The van der Waals surface area contributed by atoms with E-state index < -0.39 is 10.0 Å². The molecule has 1 atom stereocenters. The van der Waals surface area contributed by atoms with Crippen LogP contribution >= 0.6 is 0 Å². The average molecular weight is 305 g/mol. The highest BCUT2D eigenvalue weighted by molar-refractivity contribution is 7.89. The van der Waals surface area contributed by atoms with Crippen LogP contribution < -0.4 is 0 Å². The van der Waals surface area contributed by atoms with Crippen LogP contribution in [0.1, 0.15) is 35.7 Å². The van der Waals surface area contributed by atoms with E-state index in [1.54, 1.807) is 16.6 Å². The maximum Gasteiger partial charge on any atom is 0.243 e. The Kier molecular flexibility index (Phi) is 3.59. The molecule has 1 saturated heterocycles. The van der Waals surface area contributed by atoms with Gasteiger partial charge in [0.25, 0.3) is 0 Å². The van der Waals surface area contributed by atoms with Crippen molar-refractivity contribution in [3.05, 3.63) is 47.3 Å². The van der Waals surface area contributed by atoms with E-state index >= 15 is 0 Å². The molecule has 1 fully saturated rings. The first-order valence-corrected chi connectivity index (χ1v) is 8.52. The van der Waals surface area contributed by atoms with Crippen LogP contribution in [-0.2, 0) is 10.0 Å². The summed E-state index contributed by atoms with van der Waals surface area (Å²) in [6, 6.07) is 7.26. The molecule has 21 heavy (non-hydrogen) atoms. The molecule has 112 valence electrons. The summed E-state index contributed by atoms with van der Waals surface area (Å²) in [5.74, 6) is 0. The number of benzene rings is 1. The summed E-state index contributed by atoms with van der Waals surface area (Å²) >= 11 is 0. The second-order valence-electron chi connectivity index (χ2n) is 5.55. The van der Waals surface area contributed by atoms with Gasteiger partial charge in [0.15, 0.2) is 0 Å². The number of hydrogen-bond donors (Lipinski definition) is 1. The van der Waals surface area contributed by atoms with E-state index in [0.29, 0.717) is 11.4 Å². The standard InChI is InChI=1S/C15H19N3O2S/c1-11-5-6-12(2)15(10-11)21(19,20)18-9-3-4-14(18)13-7-8-16-17-13/h5-8,10,14H,3-4,9H2,1-2H3,(H,16,17). The molecule has 0 radical (unpaired) electrons. The smallest absolute Gasteiger partial charge is 0.243 e. The highest BCUT2D eigenvalue weighted by atomic mass is 32.2. The number of H-pyrrole nitrogens is 1. The van der Waals surface area contributed by atoms with E-state index in [1.165, 1.54) is 0 Å². The predicted molar refractivity (Wildman–Crippen MR) is 80.4 cm³/mol. The number of hydrogen-bond acceptors (Lipinski definition) is 3. The van der Waals surface area contributed by atoms with E-state index in [-0.39, 0.29) is 6.04 Å². The topological polar surface area (TPSA) is 66.1 Å². The fraction of sp³-hybridized carbons (Fsp3) is 0.400. The van der Waals surface area contributed by atoms with Gasteiger partial charge in [-0.3, -0.25) is 5.10 Å². The molecule has 6 heteroatoms. The van der Waals surface area contributed by atoms with E-state index in [1.807, 2.05) is 32.0 Å². The quantitative estimate of drug-likeness (QED) is 0.947. The molecule has 0 saturated carbocycles. The number of aromatic nitrogens is 2. The first-order valence-electron chi connectivity index (χ1n) is 7.08. The second-order valence-corrected chi connectivity index (χ2v) is 7.41. The Labute approximate surface area is 125 Å². The lowest BCUT2D eigenvalue weighted by molar-refractivity contribution is 0.390. The molecule has 0 aliphatic carbocycles. The maximum atomic E-state index is 13.0. The third kappa shape index (κ3) is 2.49. The third-order valence-electron chi connectivity index (χ3n) is 4.02. The Balaban J connectivity index is 2.03. The Bertz CT molecular complexity index is 738. The first-order chi connectivity index (χ1) is 10.00. The summed E-state index contributed by atoms with van der Waals surface area (Å²) in [4.78, 5) is 0.411. The normalized spacial score (nSPS) is 20.0. The van der Waals surface area contributed by atoms with Crippen LogP contribution in [0.4, 0.5) is 0 Å². The highest BCUT2D eigenvalue weighted by Crippen LogP contribution is 2.36. The molecule has 1 aromatic heterocycles. The Morgan fingerprint density at radius 3 is 2.81 bits per heavy atom. The molecule has 0 amide bonds. The zero-order chi connectivity index (χ0) is 15.0. The van der Waals surface area contributed by atoms with Crippen LogP contribution in [-0.4, -0.2) is 29.5 Å². The van der Waals surface area contributed by atoms with Gasteiger partial charge in [0.1, 0.15) is 0 Å². The van der Waals surface area contributed by atoms with Crippen molar-refractivity contribution in [3.8, 4) is 0 Å². The molecule has 0 spiro atoms. The SMILES string of the molecule is Cc1ccc(C)c(S(=O)(=O)N2CCCC2c2ccn[nH]2)c1. The summed E-state index contributed by atoms with van der Waals surface area (Å²) in [5.41, 5.74) is 2.61. The number of sulfonamides is 1. The van der Waals surface area contributed by atoms with E-state index in [2.05, 4.69) is 10.2 Å². The Morgan fingerprint density at radius 2 is 2.10 bits per heavy atom. The number of rotatable bonds is 3. The monoisotopic (exact) mass is 305 g/mol. The number of nitrogens with one attached hydrogen (secondary N) is 1. The molecule has 0 bridgehead atoms. The fourth-order valence-electron chi connectivity index (χ4n) is 2.90. The Morgan fingerprint density at radius 1 is 1.29 bits per heavy atom. The molecular formula is C15H19N3O2S. The van der Waals surface area contributed by atoms with E-state index in [4.69, 9.17) is 0 Å². The van der Waals surface area contributed by atoms with E-state index in [9.17, 15) is 8.42 Å². The lowest BCUT2D eigenvalue weighted by Crippen LogP contribution is -2.31. The molecule has 1 aliphatic rings. The van der Waals surface area contributed by atoms with Crippen LogP contribution in [0.3, 0.4) is 0 Å². The highest BCUT2D eigenvalue weighted by Gasteiger charge is 2.37. The Hall–Kier alpha value is -1.66. The fourth-order valence-corrected chi connectivity index (χ4v) is 4.89. The van der Waals surface area contributed by atoms with Gasteiger partial charge in [0.05, 0.1) is 16.6 Å². The largest absolute Gasteiger partial charge is 0.281 e. The zero-order valence-electron chi connectivity index (χ0n) is 12.2. The van der Waals surface area contributed by atoms with Crippen LogP contribution in [0.5, 0.6) is 0 Å². The van der Waals surface area contributed by atoms with E-state index in [0.717, 1.165) is 29.7 Å². The van der Waals surface area contributed by atoms with Crippen LogP contribution in [0.2, 0.25) is 0 Å². The minimum Gasteiger partial charge on any atom is -0.281 e. The van der Waals surface area contributed by atoms with Crippen molar-refractivity contribution >= 4 is 10.0 Å². The minimum absolute atomic E-state index is 0.141. The molecule has 1 aromatic carbocycles. The van der Waals surface area contributed by atoms with Crippen molar-refractivity contribution in [2.24, 2.45) is 0 Å². The number of nitrogens with zero attached hydrogens (tertiary/aromatic N) is 2. The molecule has 3 rings (SSSR count). The maximum absolute atomic E-state index is 13.0. The summed E-state index contributed by atoms with van der Waals surface area (Å²) in [6.07, 6.45) is 3.36. The van der Waals surface area contributed by atoms with Gasteiger partial charge in [-0.05, 0) is 49.9 Å². The van der Waals surface area contributed by atoms with Crippen LogP contribution in [0, 0.1) is 13.8 Å². The molecule has 1 N–H and O–H groups in total. The van der Waals surface area contributed by atoms with Crippen molar-refractivity contribution in [3.63, 3.8) is 0 Å². The lowest BCUT2D eigenvalue weighted by Gasteiger charge is -2.24. The van der Waals surface area contributed by atoms with Crippen molar-refractivity contribution in [1.82, 2.24) is 14.5 Å². The van der Waals surface area contributed by atoms with Gasteiger partial charge in [-0.1, -0.05) is 12.1 Å². The van der Waals surface area contributed by atoms with Gasteiger partial charge in [0, 0.05) is 12.7 Å². The second kappa shape index (κ2) is 5.27. The molecule has 2 aromatic rings. The van der Waals surface area contributed by atoms with Gasteiger partial charge in [0.2, 0.25) is 10.0 Å². The predicted octanol–water partition coefficient (Wildman–Crippen LogP) is 2.55. The molecule has 5 nitrogen and oxygen atoms in total. The number of aryl methyl sites for hydroxylation is 2. The minimum atomic E-state index is -3.48. The molecule has 1 aliphatic heterocycles. The number of aromatic amines is 1. The van der Waals surface area contributed by atoms with Crippen LogP contribution in [0.25, 0.3) is 0 Å². The summed E-state index contributed by atoms with van der Waals surface area (Å²) in [5, 5.41) is 6.84.